The van der Waals surface area contributed by atoms with Crippen LogP contribution in [0.4, 0.5) is 18.3 Å². The van der Waals surface area contributed by atoms with Crippen LogP contribution in [0.1, 0.15) is 69.4 Å². The fourth-order valence-electron chi connectivity index (χ4n) is 7.71. The SMILES string of the molecule is C=C[C@@H]1C[C@]1(NC(=O)[C@@H]1C[C@@H](Oc2nc(-c3ccc(C(F)(F)F)cc3)nc3c2oc2ccccc23)CN1C(=O)[C@@H](Nc1nc(C(=O)OCC)cs1)C(C)(C)C)C(=O)NS(=O)(=O)C1CC1. The van der Waals surface area contributed by atoms with E-state index in [4.69, 9.17) is 13.9 Å². The summed E-state index contributed by atoms with van der Waals surface area (Å²) in [5.74, 6) is -3.60. The molecule has 8 rings (SSSR count). The number of carbonyl (C=O) groups excluding carboxylic acids is 4. The molecule has 16 nitrogen and oxygen atoms in total. The number of ether oxygens (including phenoxy) is 2. The zero-order chi connectivity index (χ0) is 45.9. The lowest BCUT2D eigenvalue weighted by atomic mass is 9.85. The number of thiazole rings is 1. The molecule has 21 heteroatoms. The highest BCUT2D eigenvalue weighted by molar-refractivity contribution is 7.91. The number of likely N-dealkylation sites (tertiary alicyclic amines) is 1. The average Bonchev–Trinajstić information content (AvgIpc) is 4.07. The molecule has 0 radical (unpaired) electrons. The molecule has 1 saturated heterocycles. The van der Waals surface area contributed by atoms with Crippen molar-refractivity contribution in [3.8, 4) is 17.3 Å². The van der Waals surface area contributed by atoms with E-state index in [1.165, 1.54) is 28.5 Å². The highest BCUT2D eigenvalue weighted by Gasteiger charge is 2.62. The molecule has 64 heavy (non-hydrogen) atoms. The number of alkyl halides is 3. The van der Waals surface area contributed by atoms with Crippen LogP contribution in [-0.2, 0) is 35.3 Å². The monoisotopic (exact) mass is 923 g/mol. The molecule has 5 atom stereocenters. The van der Waals surface area contributed by atoms with Crippen molar-refractivity contribution in [2.45, 2.75) is 88.5 Å². The first-order valence-electron chi connectivity index (χ1n) is 20.5. The quantitative estimate of drug-likeness (QED) is 0.0833. The van der Waals surface area contributed by atoms with E-state index >= 15 is 0 Å². The van der Waals surface area contributed by atoms with Gasteiger partial charge in [-0.15, -0.1) is 17.9 Å². The van der Waals surface area contributed by atoms with Crippen LogP contribution in [0.15, 0.2) is 71.0 Å². The van der Waals surface area contributed by atoms with Gasteiger partial charge in [-0.25, -0.2) is 23.2 Å². The highest BCUT2D eigenvalue weighted by Crippen LogP contribution is 2.46. The predicted molar refractivity (Wildman–Crippen MR) is 228 cm³/mol. The zero-order valence-corrected chi connectivity index (χ0v) is 36.7. The van der Waals surface area contributed by atoms with Gasteiger partial charge in [0.15, 0.2) is 16.6 Å². The molecular formula is C43H44F3N7O9S2. The lowest BCUT2D eigenvalue weighted by Gasteiger charge is -2.35. The molecule has 1 aliphatic heterocycles. The Bertz CT molecular complexity index is 2780. The topological polar surface area (TPSA) is 212 Å². The number of fused-ring (bicyclic) bond motifs is 3. The van der Waals surface area contributed by atoms with Crippen LogP contribution < -0.4 is 20.1 Å². The van der Waals surface area contributed by atoms with Crippen molar-refractivity contribution in [3.63, 3.8) is 0 Å². The second-order valence-corrected chi connectivity index (χ2v) is 19.9. The molecule has 2 aromatic carbocycles. The summed E-state index contributed by atoms with van der Waals surface area (Å²) >= 11 is 1.07. The molecular weight excluding hydrogens is 880 g/mol. The molecule has 3 aromatic heterocycles. The summed E-state index contributed by atoms with van der Waals surface area (Å²) in [6.45, 7) is 10.7. The van der Waals surface area contributed by atoms with Crippen molar-refractivity contribution < 1.29 is 54.7 Å². The number of furan rings is 1. The minimum absolute atomic E-state index is 0.0175. The lowest BCUT2D eigenvalue weighted by molar-refractivity contribution is -0.141. The van der Waals surface area contributed by atoms with Crippen LogP contribution in [0.3, 0.4) is 0 Å². The maximum Gasteiger partial charge on any atom is 0.416 e. The van der Waals surface area contributed by atoms with Gasteiger partial charge >= 0.3 is 12.1 Å². The Morgan fingerprint density at radius 1 is 1.06 bits per heavy atom. The summed E-state index contributed by atoms with van der Waals surface area (Å²) in [6, 6.07) is 8.89. The van der Waals surface area contributed by atoms with E-state index in [0.29, 0.717) is 29.3 Å². The Morgan fingerprint density at radius 3 is 2.42 bits per heavy atom. The summed E-state index contributed by atoms with van der Waals surface area (Å²) in [6.07, 6.45) is -3.39. The molecule has 3 amide bonds. The van der Waals surface area contributed by atoms with Gasteiger partial charge < -0.3 is 29.4 Å². The fourth-order valence-corrected chi connectivity index (χ4v) is 9.78. The molecule has 3 aliphatic rings. The first-order chi connectivity index (χ1) is 30.2. The first kappa shape index (κ1) is 44.5. The van der Waals surface area contributed by atoms with Gasteiger partial charge in [0.05, 0.1) is 24.0 Å². The van der Waals surface area contributed by atoms with Crippen molar-refractivity contribution >= 4 is 72.3 Å². The molecule has 3 fully saturated rings. The van der Waals surface area contributed by atoms with E-state index in [1.54, 1.807) is 52.0 Å². The van der Waals surface area contributed by atoms with Gasteiger partial charge in [-0.2, -0.15) is 18.2 Å². The lowest BCUT2D eigenvalue weighted by Crippen LogP contribution is -2.58. The van der Waals surface area contributed by atoms with Gasteiger partial charge in [0.25, 0.3) is 11.8 Å². The normalized spacial score (nSPS) is 21.6. The van der Waals surface area contributed by atoms with E-state index < -0.39 is 85.8 Å². The van der Waals surface area contributed by atoms with Gasteiger partial charge in [0.1, 0.15) is 34.8 Å². The van der Waals surface area contributed by atoms with Gasteiger partial charge in [-0.3, -0.25) is 19.1 Å². The van der Waals surface area contributed by atoms with Gasteiger partial charge in [-0.1, -0.05) is 51.1 Å². The van der Waals surface area contributed by atoms with Crippen molar-refractivity contribution in [2.75, 3.05) is 18.5 Å². The van der Waals surface area contributed by atoms with E-state index in [1.807, 2.05) is 0 Å². The molecule has 338 valence electrons. The largest absolute Gasteiger partial charge is 0.470 e. The van der Waals surface area contributed by atoms with Gasteiger partial charge in [-0.05, 0) is 55.9 Å². The summed E-state index contributed by atoms with van der Waals surface area (Å²) < 4.78 is 86.0. The number of halogens is 3. The third-order valence-electron chi connectivity index (χ3n) is 11.4. The highest BCUT2D eigenvalue weighted by atomic mass is 32.2. The third-order valence-corrected chi connectivity index (χ3v) is 14.0. The molecule has 0 unspecified atom stereocenters. The summed E-state index contributed by atoms with van der Waals surface area (Å²) in [7, 11) is -3.99. The van der Waals surface area contributed by atoms with Gasteiger partial charge in [0, 0.05) is 28.7 Å². The number of carbonyl (C=O) groups is 4. The molecule has 2 saturated carbocycles. The number of esters is 1. The Labute approximate surface area is 369 Å². The number of nitrogens with zero attached hydrogens (tertiary/aromatic N) is 4. The number of benzene rings is 2. The number of hydrogen-bond acceptors (Lipinski definition) is 14. The van der Waals surface area contributed by atoms with E-state index in [9.17, 15) is 40.8 Å². The minimum Gasteiger partial charge on any atom is -0.470 e. The van der Waals surface area contributed by atoms with Gasteiger partial charge in [0.2, 0.25) is 27.4 Å². The van der Waals surface area contributed by atoms with Crippen LogP contribution in [0.5, 0.6) is 5.88 Å². The van der Waals surface area contributed by atoms with Crippen molar-refractivity contribution in [3.05, 3.63) is 77.8 Å². The summed E-state index contributed by atoms with van der Waals surface area (Å²) in [5, 5.41) is 7.48. The number of rotatable bonds is 14. The van der Waals surface area contributed by atoms with Crippen LogP contribution in [0.2, 0.25) is 0 Å². The maximum atomic E-state index is 14.9. The van der Waals surface area contributed by atoms with E-state index in [2.05, 4.69) is 36.9 Å². The summed E-state index contributed by atoms with van der Waals surface area (Å²) in [4.78, 5) is 70.5. The van der Waals surface area contributed by atoms with Crippen molar-refractivity contribution in [1.29, 1.82) is 0 Å². The summed E-state index contributed by atoms with van der Waals surface area (Å²) in [5.41, 5.74) is -2.26. The average molecular weight is 924 g/mol. The van der Waals surface area contributed by atoms with E-state index in [0.717, 1.165) is 23.5 Å². The van der Waals surface area contributed by atoms with Crippen molar-refractivity contribution in [1.82, 2.24) is 29.9 Å². The Kier molecular flexibility index (Phi) is 11.5. The minimum atomic E-state index is -4.58. The second kappa shape index (κ2) is 16.5. The Balaban J connectivity index is 1.15. The molecule has 0 bridgehead atoms. The number of nitrogens with one attached hydrogen (secondary N) is 3. The van der Waals surface area contributed by atoms with Crippen molar-refractivity contribution in [2.24, 2.45) is 11.3 Å². The Morgan fingerprint density at radius 2 is 1.78 bits per heavy atom. The molecule has 2 aliphatic carbocycles. The third kappa shape index (κ3) is 8.74. The van der Waals surface area contributed by atoms with Crippen LogP contribution in [0, 0.1) is 11.3 Å². The fraction of sp³-hybridized carbons (Fsp3) is 0.419. The predicted octanol–water partition coefficient (Wildman–Crippen LogP) is 6.24. The van der Waals surface area contributed by atoms with Crippen LogP contribution >= 0.6 is 11.3 Å². The number of sulfonamides is 1. The molecule has 0 spiro atoms. The zero-order valence-electron chi connectivity index (χ0n) is 35.0. The number of anilines is 1. The standard InChI is InChI=1S/C43H44F3N7O9S2/c1-6-23-19-42(23,39(57)52-64(58,59)26-16-17-26)51-35(54)29-18-25(20-53(29)37(55)33(41(3,4)5)49-40-47-28(21-63-40)38(56)60-7-2)61-36-32-31(27-10-8-9-11-30(27)62-32)48-34(50-36)22-12-14-24(15-13-22)43(44,45)46/h6,8-15,21,23,25-26,29,33H,1,7,16-20H2,2-5H3,(H,47,49)(H,51,54)(H,52,57)/t23-,25-,29+,33-,42-/m1/s1. The van der Waals surface area contributed by atoms with Crippen LogP contribution in [0.25, 0.3) is 33.5 Å². The number of amides is 3. The molecule has 5 aromatic rings. The van der Waals surface area contributed by atoms with Crippen LogP contribution in [-0.4, -0.2) is 94.1 Å². The maximum absolute atomic E-state index is 14.9. The second-order valence-electron chi connectivity index (χ2n) is 17.1. The smallest absolute Gasteiger partial charge is 0.416 e. The first-order valence-corrected chi connectivity index (χ1v) is 22.9. The molecule has 3 N–H and O–H groups in total. The Hall–Kier alpha value is -6.09. The van der Waals surface area contributed by atoms with E-state index in [-0.39, 0.29) is 59.7 Å². The number of para-hydroxylation sites is 1. The number of aromatic nitrogens is 3. The number of hydrogen-bond donors (Lipinski definition) is 3. The molecule has 4 heterocycles.